The SMILES string of the molecule is C[Si](C)(C)NS(=O)(=O)CCN1C(=O)c2ccccc2C1=O. The molecule has 0 spiro atoms. The zero-order chi connectivity index (χ0) is 15.8. The van der Waals surface area contributed by atoms with Crippen LogP contribution >= 0.6 is 0 Å². The molecule has 1 aromatic rings. The average Bonchev–Trinajstić information content (AvgIpc) is 2.58. The number of carbonyl (C=O) groups is 2. The highest BCUT2D eigenvalue weighted by molar-refractivity contribution is 7.90. The lowest BCUT2D eigenvalue weighted by molar-refractivity contribution is 0.0664. The van der Waals surface area contributed by atoms with Crippen molar-refractivity contribution < 1.29 is 18.0 Å². The summed E-state index contributed by atoms with van der Waals surface area (Å²) in [5, 5.41) is 0. The highest BCUT2D eigenvalue weighted by Crippen LogP contribution is 2.22. The van der Waals surface area contributed by atoms with Gasteiger partial charge in [0.1, 0.15) is 8.24 Å². The van der Waals surface area contributed by atoms with Crippen LogP contribution < -0.4 is 4.39 Å². The number of benzene rings is 1. The molecule has 1 aliphatic heterocycles. The Morgan fingerprint density at radius 2 is 1.52 bits per heavy atom. The molecule has 0 saturated carbocycles. The lowest BCUT2D eigenvalue weighted by Gasteiger charge is -2.19. The van der Waals surface area contributed by atoms with Gasteiger partial charge in [-0.3, -0.25) is 14.5 Å². The van der Waals surface area contributed by atoms with E-state index in [1.54, 1.807) is 24.3 Å². The average molecular weight is 326 g/mol. The van der Waals surface area contributed by atoms with Crippen molar-refractivity contribution in [1.29, 1.82) is 0 Å². The van der Waals surface area contributed by atoms with Crippen LogP contribution in [0.15, 0.2) is 24.3 Å². The van der Waals surface area contributed by atoms with E-state index in [0.29, 0.717) is 11.1 Å². The Bertz CT molecular complexity index is 659. The normalized spacial score (nSPS) is 15.5. The maximum absolute atomic E-state index is 12.1. The van der Waals surface area contributed by atoms with Crippen molar-refractivity contribution in [2.24, 2.45) is 0 Å². The number of fused-ring (bicyclic) bond motifs is 1. The first kappa shape index (κ1) is 15.9. The van der Waals surface area contributed by atoms with Crippen LogP contribution in [-0.4, -0.2) is 45.7 Å². The van der Waals surface area contributed by atoms with Gasteiger partial charge < -0.3 is 0 Å². The minimum Gasteiger partial charge on any atom is -0.273 e. The standard InChI is InChI=1S/C13H18N2O4SSi/c1-21(2,3)14-20(18,19)9-8-15-12(16)10-6-4-5-7-11(10)13(15)17/h4-7,14H,8-9H2,1-3H3. The van der Waals surface area contributed by atoms with Gasteiger partial charge in [-0.25, -0.2) is 12.8 Å². The molecule has 0 radical (unpaired) electrons. The van der Waals surface area contributed by atoms with Gasteiger partial charge in [-0.05, 0) is 12.1 Å². The minimum absolute atomic E-state index is 0.133. The maximum atomic E-state index is 12.1. The number of imide groups is 1. The van der Waals surface area contributed by atoms with Crippen molar-refractivity contribution >= 4 is 30.1 Å². The molecule has 1 heterocycles. The van der Waals surface area contributed by atoms with E-state index in [1.165, 1.54) is 0 Å². The number of sulfonamides is 1. The number of amides is 2. The molecule has 0 atom stereocenters. The molecule has 1 aromatic carbocycles. The van der Waals surface area contributed by atoms with E-state index >= 15 is 0 Å². The molecular formula is C13H18N2O4SSi. The highest BCUT2D eigenvalue weighted by Gasteiger charge is 2.35. The van der Waals surface area contributed by atoms with Crippen LogP contribution in [0.2, 0.25) is 19.6 Å². The van der Waals surface area contributed by atoms with Crippen molar-refractivity contribution in [3.8, 4) is 0 Å². The summed E-state index contributed by atoms with van der Waals surface area (Å²) >= 11 is 0. The smallest absolute Gasteiger partial charge is 0.261 e. The molecule has 21 heavy (non-hydrogen) atoms. The fraction of sp³-hybridized carbons (Fsp3) is 0.385. The second kappa shape index (κ2) is 5.36. The van der Waals surface area contributed by atoms with E-state index in [1.807, 2.05) is 19.6 Å². The lowest BCUT2D eigenvalue weighted by Crippen LogP contribution is -2.48. The number of nitrogens with zero attached hydrogens (tertiary/aromatic N) is 1. The van der Waals surface area contributed by atoms with E-state index in [-0.39, 0.29) is 12.3 Å². The first-order valence-corrected chi connectivity index (χ1v) is 11.7. The van der Waals surface area contributed by atoms with Crippen molar-refractivity contribution in [1.82, 2.24) is 9.29 Å². The van der Waals surface area contributed by atoms with E-state index in [0.717, 1.165) is 4.90 Å². The summed E-state index contributed by atoms with van der Waals surface area (Å²) in [5.41, 5.74) is 0.663. The summed E-state index contributed by atoms with van der Waals surface area (Å²) in [4.78, 5) is 25.2. The molecule has 0 fully saturated rings. The van der Waals surface area contributed by atoms with Crippen LogP contribution in [0.25, 0.3) is 0 Å². The number of rotatable bonds is 5. The number of nitrogens with one attached hydrogen (secondary N) is 1. The van der Waals surface area contributed by atoms with Crippen LogP contribution in [0.4, 0.5) is 0 Å². The monoisotopic (exact) mass is 326 g/mol. The topological polar surface area (TPSA) is 83.6 Å². The van der Waals surface area contributed by atoms with Gasteiger partial charge in [0.2, 0.25) is 10.0 Å². The number of carbonyl (C=O) groups excluding carboxylic acids is 2. The summed E-state index contributed by atoms with van der Waals surface area (Å²) in [6, 6.07) is 6.50. The number of hydrogen-bond donors (Lipinski definition) is 1. The predicted octanol–water partition coefficient (Wildman–Crippen LogP) is 1.04. The van der Waals surface area contributed by atoms with Gasteiger partial charge in [0.25, 0.3) is 11.8 Å². The van der Waals surface area contributed by atoms with Crippen LogP contribution in [0.5, 0.6) is 0 Å². The van der Waals surface area contributed by atoms with Crippen molar-refractivity contribution in [3.05, 3.63) is 35.4 Å². The Morgan fingerprint density at radius 3 is 1.95 bits per heavy atom. The molecule has 0 unspecified atom stereocenters. The Labute approximate surface area is 125 Å². The fourth-order valence-electron chi connectivity index (χ4n) is 2.17. The molecular weight excluding hydrogens is 308 g/mol. The molecule has 2 rings (SSSR count). The molecule has 0 aromatic heterocycles. The molecule has 1 aliphatic rings. The van der Waals surface area contributed by atoms with Crippen LogP contribution in [0, 0.1) is 0 Å². The van der Waals surface area contributed by atoms with Gasteiger partial charge in [-0.15, -0.1) is 0 Å². The first-order valence-electron chi connectivity index (χ1n) is 6.58. The first-order chi connectivity index (χ1) is 9.61. The maximum Gasteiger partial charge on any atom is 0.261 e. The zero-order valence-corrected chi connectivity index (χ0v) is 14.0. The Hall–Kier alpha value is -1.51. The van der Waals surface area contributed by atoms with Gasteiger partial charge in [0.15, 0.2) is 0 Å². The van der Waals surface area contributed by atoms with Crippen molar-refractivity contribution in [3.63, 3.8) is 0 Å². The van der Waals surface area contributed by atoms with Gasteiger partial charge in [-0.1, -0.05) is 31.8 Å². The molecule has 8 heteroatoms. The summed E-state index contributed by atoms with van der Waals surface area (Å²) < 4.78 is 26.6. The Kier molecular flexibility index (Phi) is 4.05. The molecule has 114 valence electrons. The third-order valence-corrected chi connectivity index (χ3v) is 7.34. The summed E-state index contributed by atoms with van der Waals surface area (Å²) in [6.07, 6.45) is 0. The minimum atomic E-state index is -3.50. The van der Waals surface area contributed by atoms with Crippen LogP contribution in [-0.2, 0) is 10.0 Å². The van der Waals surface area contributed by atoms with Crippen LogP contribution in [0.1, 0.15) is 20.7 Å². The van der Waals surface area contributed by atoms with Gasteiger partial charge in [0.05, 0.1) is 16.9 Å². The van der Waals surface area contributed by atoms with E-state index < -0.39 is 30.1 Å². The summed E-state index contributed by atoms with van der Waals surface area (Å²) in [7, 11) is -5.49. The van der Waals surface area contributed by atoms with Crippen molar-refractivity contribution in [2.45, 2.75) is 19.6 Å². The predicted molar refractivity (Wildman–Crippen MR) is 82.1 cm³/mol. The summed E-state index contributed by atoms with van der Waals surface area (Å²) in [5.74, 6) is -1.14. The molecule has 0 aliphatic carbocycles. The molecule has 2 amide bonds. The Balaban J connectivity index is 2.10. The second-order valence-corrected chi connectivity index (χ2v) is 12.9. The van der Waals surface area contributed by atoms with Gasteiger partial charge >= 0.3 is 0 Å². The van der Waals surface area contributed by atoms with Crippen LogP contribution in [0.3, 0.4) is 0 Å². The zero-order valence-electron chi connectivity index (χ0n) is 12.2. The molecule has 1 N–H and O–H groups in total. The highest BCUT2D eigenvalue weighted by atomic mass is 32.2. The third-order valence-electron chi connectivity index (χ3n) is 2.92. The number of hydrogen-bond acceptors (Lipinski definition) is 4. The fourth-order valence-corrected chi connectivity index (χ4v) is 6.73. The molecule has 6 nitrogen and oxygen atoms in total. The quantitative estimate of drug-likeness (QED) is 0.647. The Morgan fingerprint density at radius 1 is 1.05 bits per heavy atom. The van der Waals surface area contributed by atoms with Crippen molar-refractivity contribution in [2.75, 3.05) is 12.3 Å². The van der Waals surface area contributed by atoms with E-state index in [9.17, 15) is 18.0 Å². The van der Waals surface area contributed by atoms with Gasteiger partial charge in [-0.2, -0.15) is 0 Å². The second-order valence-electron chi connectivity index (χ2n) is 5.98. The summed E-state index contributed by atoms with van der Waals surface area (Å²) in [6.45, 7) is 5.47. The van der Waals surface area contributed by atoms with E-state index in [4.69, 9.17) is 0 Å². The largest absolute Gasteiger partial charge is 0.273 e. The lowest BCUT2D eigenvalue weighted by atomic mass is 10.1. The van der Waals surface area contributed by atoms with Gasteiger partial charge in [0, 0.05) is 6.54 Å². The third kappa shape index (κ3) is 3.58. The molecule has 0 bridgehead atoms. The molecule has 0 saturated heterocycles. The van der Waals surface area contributed by atoms with E-state index in [2.05, 4.69) is 4.39 Å².